The van der Waals surface area contributed by atoms with Gasteiger partial charge in [0.15, 0.2) is 5.60 Å². The number of fused-ring (bicyclic) bond motifs is 2. The number of anilines is 1. The van der Waals surface area contributed by atoms with Crippen molar-refractivity contribution in [1.29, 1.82) is 0 Å². The molecule has 4 N–H and O–H groups in total. The normalized spacial score (nSPS) is 19.5. The summed E-state index contributed by atoms with van der Waals surface area (Å²) in [4.78, 5) is 15.4. The smallest absolute Gasteiger partial charge is 0.255 e. The number of ether oxygens (including phenoxy) is 1. The number of pyridine rings is 1. The molecule has 1 aliphatic rings. The fourth-order valence-electron chi connectivity index (χ4n) is 3.14. The topological polar surface area (TPSA) is 114 Å². The molecule has 1 atom stereocenters. The van der Waals surface area contributed by atoms with E-state index in [2.05, 4.69) is 10.3 Å². The highest BCUT2D eigenvalue weighted by atomic mass is 32.2. The number of sulfonamides is 1. The van der Waals surface area contributed by atoms with Crippen LogP contribution in [0.15, 0.2) is 58.2 Å². The van der Waals surface area contributed by atoms with Crippen LogP contribution >= 0.6 is 0 Å². The van der Waals surface area contributed by atoms with Crippen LogP contribution in [-0.2, 0) is 15.6 Å². The molecule has 26 heavy (non-hydrogen) atoms. The monoisotopic (exact) mass is 371 g/mol. The fourth-order valence-corrected chi connectivity index (χ4v) is 3.67. The van der Waals surface area contributed by atoms with Gasteiger partial charge in [-0.1, -0.05) is 18.2 Å². The summed E-state index contributed by atoms with van der Waals surface area (Å²) in [5, 5.41) is 9.27. The Bertz CT molecular complexity index is 1190. The number of para-hydroxylation sites is 1. The van der Waals surface area contributed by atoms with E-state index >= 15 is 0 Å². The maximum absolute atomic E-state index is 12.6. The Balaban J connectivity index is 1.82. The second-order valence-electron chi connectivity index (χ2n) is 6.49. The van der Waals surface area contributed by atoms with Gasteiger partial charge in [-0.2, -0.15) is 0 Å². The number of hydrogen-bond donors (Lipinski definition) is 3. The molecule has 0 aliphatic carbocycles. The molecule has 0 radical (unpaired) electrons. The zero-order valence-electron chi connectivity index (χ0n) is 13.9. The quantitative estimate of drug-likeness (QED) is 0.636. The number of hydrogen-bond acceptors (Lipinski definition) is 5. The maximum Gasteiger partial charge on any atom is 0.255 e. The van der Waals surface area contributed by atoms with Crippen LogP contribution in [0, 0.1) is 0 Å². The van der Waals surface area contributed by atoms with Gasteiger partial charge in [0.1, 0.15) is 5.75 Å². The summed E-state index contributed by atoms with van der Waals surface area (Å²) in [5.74, 6) is 0.331. The van der Waals surface area contributed by atoms with Gasteiger partial charge in [0.25, 0.3) is 5.56 Å². The molecule has 3 aromatic rings. The van der Waals surface area contributed by atoms with Crippen LogP contribution in [0.25, 0.3) is 10.9 Å². The molecule has 0 spiro atoms. The Labute approximate surface area is 149 Å². The van der Waals surface area contributed by atoms with Crippen molar-refractivity contribution in [3.8, 4) is 5.75 Å². The lowest BCUT2D eigenvalue weighted by Gasteiger charge is -2.36. The van der Waals surface area contributed by atoms with Gasteiger partial charge >= 0.3 is 0 Å². The summed E-state index contributed by atoms with van der Waals surface area (Å²) < 4.78 is 29.3. The van der Waals surface area contributed by atoms with Crippen molar-refractivity contribution in [2.24, 2.45) is 5.14 Å². The van der Waals surface area contributed by atoms with E-state index in [4.69, 9.17) is 9.88 Å². The van der Waals surface area contributed by atoms with Crippen molar-refractivity contribution in [1.82, 2.24) is 4.98 Å². The number of H-pyrrole nitrogens is 1. The van der Waals surface area contributed by atoms with E-state index in [0.717, 1.165) is 10.9 Å². The molecule has 1 aliphatic heterocycles. The summed E-state index contributed by atoms with van der Waals surface area (Å²) in [6.07, 6.45) is 0. The zero-order chi connectivity index (χ0) is 18.5. The third kappa shape index (κ3) is 2.73. The molecule has 1 unspecified atom stereocenters. The predicted molar refractivity (Wildman–Crippen MR) is 98.9 cm³/mol. The second kappa shape index (κ2) is 5.58. The first-order chi connectivity index (χ1) is 12.3. The molecule has 7 nitrogen and oxygen atoms in total. The molecule has 4 rings (SSSR count). The second-order valence-corrected chi connectivity index (χ2v) is 8.05. The highest BCUT2D eigenvalue weighted by Crippen LogP contribution is 2.38. The molecule has 2 aromatic carbocycles. The van der Waals surface area contributed by atoms with E-state index in [1.165, 1.54) is 12.1 Å². The van der Waals surface area contributed by atoms with Gasteiger partial charge in [0, 0.05) is 11.6 Å². The van der Waals surface area contributed by atoms with Gasteiger partial charge in [-0.05, 0) is 36.6 Å². The van der Waals surface area contributed by atoms with Crippen molar-refractivity contribution in [3.63, 3.8) is 0 Å². The van der Waals surface area contributed by atoms with Gasteiger partial charge in [-0.25, -0.2) is 13.6 Å². The van der Waals surface area contributed by atoms with Gasteiger partial charge in [-0.3, -0.25) is 4.79 Å². The summed E-state index contributed by atoms with van der Waals surface area (Å²) >= 11 is 0. The van der Waals surface area contributed by atoms with E-state index < -0.39 is 15.6 Å². The molecular formula is C18H17N3O4S. The van der Waals surface area contributed by atoms with Crippen LogP contribution < -0.4 is 20.8 Å². The Kier molecular flexibility index (Phi) is 3.57. The largest absolute Gasteiger partial charge is 0.479 e. The average Bonchev–Trinajstić information content (AvgIpc) is 2.59. The number of nitrogens with two attached hydrogens (primary N) is 1. The molecule has 8 heteroatoms. The van der Waals surface area contributed by atoms with Crippen LogP contribution in [0.4, 0.5) is 5.69 Å². The molecule has 134 valence electrons. The summed E-state index contributed by atoms with van der Waals surface area (Å²) in [6, 6.07) is 13.6. The minimum atomic E-state index is -3.85. The SMILES string of the molecule is CC1(c2cc3ccccc3[nH]c2=O)CNc2ccc(S(N)(=O)=O)cc2O1. The van der Waals surface area contributed by atoms with Gasteiger partial charge in [0.05, 0.1) is 22.7 Å². The van der Waals surface area contributed by atoms with Crippen molar-refractivity contribution < 1.29 is 13.2 Å². The fraction of sp³-hybridized carbons (Fsp3) is 0.167. The Morgan fingerprint density at radius 2 is 1.92 bits per heavy atom. The van der Waals surface area contributed by atoms with Crippen molar-refractivity contribution >= 4 is 26.6 Å². The maximum atomic E-state index is 12.6. The first-order valence-corrected chi connectivity index (χ1v) is 9.53. The highest BCUT2D eigenvalue weighted by Gasteiger charge is 2.36. The molecule has 0 amide bonds. The summed E-state index contributed by atoms with van der Waals surface area (Å²) in [5.41, 5.74) is 0.619. The minimum absolute atomic E-state index is 0.0466. The number of benzene rings is 2. The van der Waals surface area contributed by atoms with Crippen LogP contribution in [0.1, 0.15) is 12.5 Å². The van der Waals surface area contributed by atoms with Gasteiger partial charge in [0.2, 0.25) is 10.0 Å². The number of nitrogens with one attached hydrogen (secondary N) is 2. The van der Waals surface area contributed by atoms with Crippen molar-refractivity contribution in [3.05, 3.63) is 64.4 Å². The highest BCUT2D eigenvalue weighted by molar-refractivity contribution is 7.89. The molecule has 0 fully saturated rings. The average molecular weight is 371 g/mol. The van der Waals surface area contributed by atoms with Gasteiger partial charge < -0.3 is 15.0 Å². The number of aromatic amines is 1. The Morgan fingerprint density at radius 1 is 1.15 bits per heavy atom. The van der Waals surface area contributed by atoms with E-state index in [1.807, 2.05) is 24.3 Å². The lowest BCUT2D eigenvalue weighted by molar-refractivity contribution is 0.0922. The first-order valence-electron chi connectivity index (χ1n) is 7.99. The van der Waals surface area contributed by atoms with Crippen LogP contribution in [0.5, 0.6) is 5.75 Å². The summed E-state index contributed by atoms with van der Waals surface area (Å²) in [7, 11) is -3.85. The molecule has 0 saturated carbocycles. The molecule has 0 saturated heterocycles. The van der Waals surface area contributed by atoms with E-state index in [0.29, 0.717) is 23.5 Å². The number of rotatable bonds is 2. The van der Waals surface area contributed by atoms with Crippen molar-refractivity contribution in [2.75, 3.05) is 11.9 Å². The summed E-state index contributed by atoms with van der Waals surface area (Å²) in [6.45, 7) is 2.14. The predicted octanol–water partition coefficient (Wildman–Crippen LogP) is 1.90. The van der Waals surface area contributed by atoms with Crippen molar-refractivity contribution in [2.45, 2.75) is 17.4 Å². The van der Waals surface area contributed by atoms with Crippen LogP contribution in [-0.4, -0.2) is 19.9 Å². The molecular weight excluding hydrogens is 354 g/mol. The van der Waals surface area contributed by atoms with Crippen LogP contribution in [0.2, 0.25) is 0 Å². The standard InChI is InChI=1S/C18H17N3O4S/c1-18(13-8-11-4-2-3-5-14(11)21-17(13)22)10-20-15-7-6-12(26(19,23)24)9-16(15)25-18/h2-9,20H,10H2,1H3,(H,21,22)(H2,19,23,24). The zero-order valence-corrected chi connectivity index (χ0v) is 14.8. The first kappa shape index (κ1) is 16.6. The number of primary sulfonamides is 1. The van der Waals surface area contributed by atoms with E-state index in [9.17, 15) is 13.2 Å². The van der Waals surface area contributed by atoms with E-state index in [1.54, 1.807) is 19.1 Å². The van der Waals surface area contributed by atoms with Gasteiger partial charge in [-0.15, -0.1) is 0 Å². The van der Waals surface area contributed by atoms with E-state index in [-0.39, 0.29) is 10.5 Å². The lowest BCUT2D eigenvalue weighted by atomic mass is 9.94. The number of aromatic nitrogens is 1. The Morgan fingerprint density at radius 3 is 2.69 bits per heavy atom. The lowest BCUT2D eigenvalue weighted by Crippen LogP contribution is -2.44. The molecule has 0 bridgehead atoms. The third-order valence-corrected chi connectivity index (χ3v) is 5.47. The Hall–Kier alpha value is -2.84. The molecule has 1 aromatic heterocycles. The molecule has 2 heterocycles. The third-order valence-electron chi connectivity index (χ3n) is 4.56. The minimum Gasteiger partial charge on any atom is -0.479 e. The van der Waals surface area contributed by atoms with Crippen LogP contribution in [0.3, 0.4) is 0 Å².